The number of hydrogen-bond donors (Lipinski definition) is 0. The van der Waals surface area contributed by atoms with Crippen molar-refractivity contribution >= 4 is 5.91 Å². The van der Waals surface area contributed by atoms with Crippen LogP contribution >= 0.6 is 0 Å². The number of ether oxygens (including phenoxy) is 3. The monoisotopic (exact) mass is 339 g/mol. The Labute approximate surface area is 147 Å². The second-order valence-corrected chi connectivity index (χ2v) is 6.40. The van der Waals surface area contributed by atoms with Gasteiger partial charge in [0, 0.05) is 19.5 Å². The predicted octanol–water partition coefficient (Wildman–Crippen LogP) is 2.59. The molecule has 1 atom stereocenters. The second-order valence-electron chi connectivity index (χ2n) is 6.40. The summed E-state index contributed by atoms with van der Waals surface area (Å²) in [4.78, 5) is 14.8. The van der Waals surface area contributed by atoms with E-state index in [2.05, 4.69) is 0 Å². The van der Waals surface area contributed by atoms with Gasteiger partial charge in [-0.2, -0.15) is 0 Å². The molecule has 2 aromatic carbocycles. The lowest BCUT2D eigenvalue weighted by Crippen LogP contribution is -2.43. The Morgan fingerprint density at radius 3 is 2.52 bits per heavy atom. The molecule has 0 saturated carbocycles. The number of fused-ring (bicyclic) bond motifs is 2. The largest absolute Gasteiger partial charge is 0.493 e. The van der Waals surface area contributed by atoms with E-state index in [1.807, 2.05) is 41.3 Å². The van der Waals surface area contributed by atoms with E-state index < -0.39 is 6.10 Å². The highest BCUT2D eigenvalue weighted by Crippen LogP contribution is 2.34. The zero-order valence-corrected chi connectivity index (χ0v) is 14.5. The first-order chi connectivity index (χ1) is 12.2. The molecule has 2 aliphatic heterocycles. The molecular formula is C20H21NO4. The second kappa shape index (κ2) is 6.31. The Hall–Kier alpha value is -2.69. The molecule has 0 fully saturated rings. The third-order valence-corrected chi connectivity index (χ3v) is 4.95. The summed E-state index contributed by atoms with van der Waals surface area (Å²) < 4.78 is 16.6. The minimum atomic E-state index is -0.418. The average molecular weight is 339 g/mol. The van der Waals surface area contributed by atoms with Crippen molar-refractivity contribution in [2.75, 3.05) is 20.8 Å². The molecule has 1 amide bonds. The molecule has 0 bridgehead atoms. The summed E-state index contributed by atoms with van der Waals surface area (Å²) in [5.41, 5.74) is 3.41. The number of methoxy groups -OCH3 is 2. The number of amides is 1. The minimum Gasteiger partial charge on any atom is -0.493 e. The molecule has 0 N–H and O–H groups in total. The molecule has 0 unspecified atom stereocenters. The topological polar surface area (TPSA) is 48.0 Å². The maximum Gasteiger partial charge on any atom is 0.264 e. The van der Waals surface area contributed by atoms with Crippen LogP contribution in [0, 0.1) is 0 Å². The van der Waals surface area contributed by atoms with Gasteiger partial charge in [0.15, 0.2) is 17.6 Å². The Balaban J connectivity index is 1.52. The molecule has 4 rings (SSSR count). The number of carbonyl (C=O) groups excluding carboxylic acids is 1. The highest BCUT2D eigenvalue weighted by Gasteiger charge is 2.33. The van der Waals surface area contributed by atoms with Crippen molar-refractivity contribution in [1.29, 1.82) is 0 Å². The first kappa shape index (κ1) is 15.8. The van der Waals surface area contributed by atoms with Crippen LogP contribution in [0.5, 0.6) is 17.2 Å². The van der Waals surface area contributed by atoms with Gasteiger partial charge in [-0.3, -0.25) is 4.79 Å². The molecule has 2 heterocycles. The van der Waals surface area contributed by atoms with Crippen molar-refractivity contribution in [1.82, 2.24) is 4.90 Å². The molecule has 2 aliphatic rings. The Kier molecular flexibility index (Phi) is 3.99. The third-order valence-electron chi connectivity index (χ3n) is 4.95. The number of carbonyl (C=O) groups is 1. The molecule has 0 aromatic heterocycles. The summed E-state index contributed by atoms with van der Waals surface area (Å²) in [6.07, 6.45) is 1.03. The first-order valence-corrected chi connectivity index (χ1v) is 8.46. The normalized spacial score (nSPS) is 18.2. The minimum absolute atomic E-state index is 0.0524. The van der Waals surface area contributed by atoms with Gasteiger partial charge in [-0.1, -0.05) is 18.2 Å². The SMILES string of the molecule is COc1cc2c(cc1OC)CN(C(=O)[C@@H]1Cc3ccccc3O1)CC2. The van der Waals surface area contributed by atoms with Crippen LogP contribution in [0.1, 0.15) is 16.7 Å². The molecule has 0 saturated heterocycles. The number of nitrogens with zero attached hydrogens (tertiary/aromatic N) is 1. The molecule has 0 radical (unpaired) electrons. The molecule has 130 valence electrons. The van der Waals surface area contributed by atoms with E-state index in [4.69, 9.17) is 14.2 Å². The van der Waals surface area contributed by atoms with Crippen molar-refractivity contribution in [3.8, 4) is 17.2 Å². The lowest BCUT2D eigenvalue weighted by Gasteiger charge is -2.31. The van der Waals surface area contributed by atoms with Crippen molar-refractivity contribution in [2.24, 2.45) is 0 Å². The van der Waals surface area contributed by atoms with Gasteiger partial charge in [0.1, 0.15) is 5.75 Å². The van der Waals surface area contributed by atoms with Gasteiger partial charge in [-0.05, 0) is 41.3 Å². The van der Waals surface area contributed by atoms with Crippen molar-refractivity contribution in [3.63, 3.8) is 0 Å². The van der Waals surface area contributed by atoms with Crippen LogP contribution in [0.2, 0.25) is 0 Å². The zero-order valence-electron chi connectivity index (χ0n) is 14.5. The van der Waals surface area contributed by atoms with Crippen LogP contribution in [0.25, 0.3) is 0 Å². The maximum absolute atomic E-state index is 12.9. The molecule has 2 aromatic rings. The summed E-state index contributed by atoms with van der Waals surface area (Å²) in [7, 11) is 3.26. The quantitative estimate of drug-likeness (QED) is 0.862. The third kappa shape index (κ3) is 2.80. The first-order valence-electron chi connectivity index (χ1n) is 8.46. The van der Waals surface area contributed by atoms with E-state index in [0.717, 1.165) is 29.0 Å². The highest BCUT2D eigenvalue weighted by atomic mass is 16.5. The summed E-state index contributed by atoms with van der Waals surface area (Å²) in [6.45, 7) is 1.27. The van der Waals surface area contributed by atoms with Crippen LogP contribution in [-0.2, 0) is 24.2 Å². The molecular weight excluding hydrogens is 318 g/mol. The van der Waals surface area contributed by atoms with Crippen LogP contribution in [0.15, 0.2) is 36.4 Å². The van der Waals surface area contributed by atoms with Crippen LogP contribution in [0.3, 0.4) is 0 Å². The van der Waals surface area contributed by atoms with E-state index in [1.54, 1.807) is 14.2 Å². The van der Waals surface area contributed by atoms with Gasteiger partial charge in [0.05, 0.1) is 14.2 Å². The van der Waals surface area contributed by atoms with Gasteiger partial charge < -0.3 is 19.1 Å². The van der Waals surface area contributed by atoms with E-state index >= 15 is 0 Å². The van der Waals surface area contributed by atoms with Crippen molar-refractivity contribution in [3.05, 3.63) is 53.1 Å². The van der Waals surface area contributed by atoms with Gasteiger partial charge >= 0.3 is 0 Å². The van der Waals surface area contributed by atoms with E-state index in [0.29, 0.717) is 25.3 Å². The van der Waals surface area contributed by atoms with Crippen LogP contribution in [0.4, 0.5) is 0 Å². The fraction of sp³-hybridized carbons (Fsp3) is 0.350. The summed E-state index contributed by atoms with van der Waals surface area (Å²) in [5, 5.41) is 0. The predicted molar refractivity (Wildman–Crippen MR) is 93.2 cm³/mol. The van der Waals surface area contributed by atoms with Gasteiger partial charge in [0.25, 0.3) is 5.91 Å². The highest BCUT2D eigenvalue weighted by molar-refractivity contribution is 5.83. The summed E-state index contributed by atoms with van der Waals surface area (Å²) in [5.74, 6) is 2.30. The summed E-state index contributed by atoms with van der Waals surface area (Å²) in [6, 6.07) is 11.8. The summed E-state index contributed by atoms with van der Waals surface area (Å²) >= 11 is 0. The number of para-hydroxylation sites is 1. The average Bonchev–Trinajstić information content (AvgIpc) is 3.10. The molecule has 0 spiro atoms. The van der Waals surface area contributed by atoms with E-state index in [-0.39, 0.29) is 5.91 Å². The Bertz CT molecular complexity index is 792. The lowest BCUT2D eigenvalue weighted by molar-refractivity contribution is -0.138. The Morgan fingerprint density at radius 2 is 1.80 bits per heavy atom. The fourth-order valence-electron chi connectivity index (χ4n) is 3.59. The smallest absolute Gasteiger partial charge is 0.264 e. The fourth-order valence-corrected chi connectivity index (χ4v) is 3.59. The number of hydrogen-bond acceptors (Lipinski definition) is 4. The molecule has 0 aliphatic carbocycles. The zero-order chi connectivity index (χ0) is 17.4. The number of benzene rings is 2. The maximum atomic E-state index is 12.9. The molecule has 25 heavy (non-hydrogen) atoms. The van der Waals surface area contributed by atoms with E-state index in [9.17, 15) is 4.79 Å². The van der Waals surface area contributed by atoms with Gasteiger partial charge in [0.2, 0.25) is 0 Å². The van der Waals surface area contributed by atoms with Gasteiger partial charge in [-0.15, -0.1) is 0 Å². The van der Waals surface area contributed by atoms with Crippen LogP contribution in [-0.4, -0.2) is 37.7 Å². The lowest BCUT2D eigenvalue weighted by atomic mass is 9.98. The standard InChI is InChI=1S/C20H21NO4/c1-23-17-9-13-7-8-21(12-15(13)11-18(17)24-2)20(22)19-10-14-5-3-4-6-16(14)25-19/h3-6,9,11,19H,7-8,10,12H2,1-2H3/t19-/m0/s1. The van der Waals surface area contributed by atoms with Crippen molar-refractivity contribution in [2.45, 2.75) is 25.5 Å². The Morgan fingerprint density at radius 1 is 1.08 bits per heavy atom. The number of rotatable bonds is 3. The van der Waals surface area contributed by atoms with Gasteiger partial charge in [-0.25, -0.2) is 0 Å². The molecule has 5 heteroatoms. The van der Waals surface area contributed by atoms with Crippen LogP contribution < -0.4 is 14.2 Å². The molecule has 5 nitrogen and oxygen atoms in total. The van der Waals surface area contributed by atoms with Crippen molar-refractivity contribution < 1.29 is 19.0 Å². The van der Waals surface area contributed by atoms with E-state index in [1.165, 1.54) is 5.56 Å².